The van der Waals surface area contributed by atoms with Crippen LogP contribution >= 0.6 is 0 Å². The number of nitrogens with one attached hydrogen (secondary N) is 2. The van der Waals surface area contributed by atoms with Gasteiger partial charge in [0.1, 0.15) is 17.4 Å². The Balaban J connectivity index is 3.00. The minimum absolute atomic E-state index is 0.0329. The van der Waals surface area contributed by atoms with E-state index < -0.39 is 42.3 Å². The van der Waals surface area contributed by atoms with E-state index >= 15 is 0 Å². The molecule has 176 valence electrons. The highest BCUT2D eigenvalue weighted by molar-refractivity contribution is 5.92. The Hall–Kier alpha value is -3.63. The zero-order chi connectivity index (χ0) is 24.1. The first kappa shape index (κ1) is 26.4. The highest BCUT2D eigenvalue weighted by Crippen LogP contribution is 2.21. The number of nitrogens with two attached hydrogens (primary N) is 1. The molecule has 0 aromatic heterocycles. The fraction of sp³-hybridized carbons (Fsp3) is 0.476. The lowest BCUT2D eigenvalue weighted by molar-refractivity contribution is -0.139. The Kier molecular flexibility index (Phi) is 11.2. The second-order valence-electron chi connectivity index (χ2n) is 7.11. The van der Waals surface area contributed by atoms with Crippen LogP contribution < -0.4 is 21.1 Å². The largest absolute Gasteiger partial charge is 0.483 e. The van der Waals surface area contributed by atoms with E-state index in [1.165, 1.54) is 18.2 Å². The summed E-state index contributed by atoms with van der Waals surface area (Å²) in [7, 11) is 0. The molecule has 0 aliphatic heterocycles. The van der Waals surface area contributed by atoms with E-state index in [0.717, 1.165) is 19.3 Å². The number of carbonyl (C=O) groups excluding carboxylic acids is 3. The van der Waals surface area contributed by atoms with Crippen LogP contribution in [0.3, 0.4) is 0 Å². The quantitative estimate of drug-likeness (QED) is 0.238. The molecule has 1 aromatic carbocycles. The monoisotopic (exact) mass is 451 g/mol. The Bertz CT molecular complexity index is 840. The van der Waals surface area contributed by atoms with Crippen LogP contribution in [0.1, 0.15) is 54.9 Å². The van der Waals surface area contributed by atoms with Crippen LogP contribution in [0.2, 0.25) is 0 Å². The van der Waals surface area contributed by atoms with E-state index in [4.69, 9.17) is 15.6 Å². The summed E-state index contributed by atoms with van der Waals surface area (Å²) in [6.45, 7) is 1.93. The van der Waals surface area contributed by atoms with Gasteiger partial charge < -0.3 is 31.3 Å². The number of carbonyl (C=O) groups is 5. The van der Waals surface area contributed by atoms with Gasteiger partial charge in [0.2, 0.25) is 11.8 Å². The van der Waals surface area contributed by atoms with Crippen molar-refractivity contribution in [3.63, 3.8) is 0 Å². The molecule has 0 heterocycles. The van der Waals surface area contributed by atoms with Crippen molar-refractivity contribution in [2.24, 2.45) is 5.73 Å². The number of amides is 3. The molecule has 0 saturated carbocycles. The second kappa shape index (κ2) is 13.6. The third kappa shape index (κ3) is 9.92. The van der Waals surface area contributed by atoms with Gasteiger partial charge in [-0.1, -0.05) is 25.8 Å². The molecule has 0 bridgehead atoms. The minimum Gasteiger partial charge on any atom is -0.483 e. The van der Waals surface area contributed by atoms with Crippen molar-refractivity contribution in [3.05, 3.63) is 29.3 Å². The fourth-order valence-corrected chi connectivity index (χ4v) is 2.79. The summed E-state index contributed by atoms with van der Waals surface area (Å²) in [5.74, 6) is -4.35. The predicted molar refractivity (Wildman–Crippen MR) is 113 cm³/mol. The van der Waals surface area contributed by atoms with Crippen molar-refractivity contribution < 1.29 is 38.9 Å². The van der Waals surface area contributed by atoms with Crippen molar-refractivity contribution in [1.82, 2.24) is 10.6 Å². The van der Waals surface area contributed by atoms with Crippen molar-refractivity contribution in [2.75, 3.05) is 13.2 Å². The van der Waals surface area contributed by atoms with Gasteiger partial charge in [-0.2, -0.15) is 0 Å². The lowest BCUT2D eigenvalue weighted by atomic mass is 10.0. The van der Waals surface area contributed by atoms with Crippen molar-refractivity contribution in [2.45, 2.75) is 51.5 Å². The van der Waals surface area contributed by atoms with Gasteiger partial charge in [0.15, 0.2) is 6.61 Å². The molecular formula is C21H29N3O8. The molecule has 1 aromatic rings. The van der Waals surface area contributed by atoms with Crippen LogP contribution in [0.25, 0.3) is 0 Å². The average Bonchev–Trinajstić information content (AvgIpc) is 2.73. The van der Waals surface area contributed by atoms with Crippen LogP contribution in [0.5, 0.6) is 5.75 Å². The summed E-state index contributed by atoms with van der Waals surface area (Å²) in [5, 5.41) is 23.4. The van der Waals surface area contributed by atoms with Gasteiger partial charge in [0, 0.05) is 19.4 Å². The fourth-order valence-electron chi connectivity index (χ4n) is 2.79. The number of primary amides is 1. The number of aliphatic carboxylic acids is 1. The van der Waals surface area contributed by atoms with E-state index in [1.807, 2.05) is 6.92 Å². The molecule has 0 saturated heterocycles. The molecule has 0 fully saturated rings. The number of hydrogen-bond donors (Lipinski definition) is 5. The maximum atomic E-state index is 12.6. The number of carboxylic acid groups (broad SMARTS) is 2. The number of hydrogen-bond acceptors (Lipinski definition) is 6. The van der Waals surface area contributed by atoms with Gasteiger partial charge >= 0.3 is 11.9 Å². The third-order valence-electron chi connectivity index (χ3n) is 4.38. The highest BCUT2D eigenvalue weighted by atomic mass is 16.5. The number of aromatic carboxylic acids is 1. The molecule has 3 amide bonds. The summed E-state index contributed by atoms with van der Waals surface area (Å²) in [6.07, 6.45) is 1.94. The Morgan fingerprint density at radius 3 is 2.41 bits per heavy atom. The maximum absolute atomic E-state index is 12.6. The number of rotatable bonds is 15. The SMILES string of the molecule is CCCCCNC(=O)[C@H](Cc1ccc(OCC(N)=O)c(C(=O)O)c1)NC(=O)CCC(=O)O. The zero-order valence-corrected chi connectivity index (χ0v) is 17.9. The van der Waals surface area contributed by atoms with Gasteiger partial charge in [-0.25, -0.2) is 4.79 Å². The van der Waals surface area contributed by atoms with Crippen LogP contribution in [-0.2, 0) is 25.6 Å². The smallest absolute Gasteiger partial charge is 0.339 e. The van der Waals surface area contributed by atoms with Crippen molar-refractivity contribution in [1.29, 1.82) is 0 Å². The molecule has 0 spiro atoms. The lowest BCUT2D eigenvalue weighted by Crippen LogP contribution is -2.48. The molecule has 32 heavy (non-hydrogen) atoms. The molecule has 0 aliphatic carbocycles. The Labute approximate surface area is 185 Å². The summed E-state index contributed by atoms with van der Waals surface area (Å²) >= 11 is 0. The molecule has 1 rings (SSSR count). The van der Waals surface area contributed by atoms with Gasteiger partial charge in [-0.15, -0.1) is 0 Å². The maximum Gasteiger partial charge on any atom is 0.339 e. The van der Waals surface area contributed by atoms with Crippen molar-refractivity contribution >= 4 is 29.7 Å². The molecular weight excluding hydrogens is 422 g/mol. The number of ether oxygens (including phenoxy) is 1. The van der Waals surface area contributed by atoms with Gasteiger partial charge in [0.05, 0.1) is 6.42 Å². The van der Waals surface area contributed by atoms with Crippen LogP contribution in [-0.4, -0.2) is 59.1 Å². The molecule has 0 radical (unpaired) electrons. The summed E-state index contributed by atoms with van der Waals surface area (Å²) in [6, 6.07) is 3.09. The van der Waals surface area contributed by atoms with Gasteiger partial charge in [0.25, 0.3) is 5.91 Å². The van der Waals surface area contributed by atoms with Gasteiger partial charge in [-0.3, -0.25) is 19.2 Å². The topological polar surface area (TPSA) is 185 Å². The highest BCUT2D eigenvalue weighted by Gasteiger charge is 2.23. The summed E-state index contributed by atoms with van der Waals surface area (Å²) in [5.41, 5.74) is 5.20. The van der Waals surface area contributed by atoms with E-state index in [1.54, 1.807) is 0 Å². The van der Waals surface area contributed by atoms with Crippen molar-refractivity contribution in [3.8, 4) is 5.75 Å². The molecule has 11 heteroatoms. The Morgan fingerprint density at radius 1 is 1.09 bits per heavy atom. The molecule has 0 unspecified atom stereocenters. The van der Waals surface area contributed by atoms with Crippen LogP contribution in [0.4, 0.5) is 0 Å². The van der Waals surface area contributed by atoms with Crippen LogP contribution in [0, 0.1) is 0 Å². The molecule has 0 aliphatic rings. The minimum atomic E-state index is -1.31. The first-order valence-corrected chi connectivity index (χ1v) is 10.2. The number of carboxylic acids is 2. The lowest BCUT2D eigenvalue weighted by Gasteiger charge is -2.19. The van der Waals surface area contributed by atoms with E-state index in [0.29, 0.717) is 12.1 Å². The number of benzene rings is 1. The Morgan fingerprint density at radius 2 is 1.81 bits per heavy atom. The normalized spacial score (nSPS) is 11.3. The number of unbranched alkanes of at least 4 members (excludes halogenated alkanes) is 2. The van der Waals surface area contributed by atoms with E-state index in [-0.39, 0.29) is 30.6 Å². The second-order valence-corrected chi connectivity index (χ2v) is 7.11. The molecule has 6 N–H and O–H groups in total. The van der Waals surface area contributed by atoms with Crippen LogP contribution in [0.15, 0.2) is 18.2 Å². The average molecular weight is 451 g/mol. The van der Waals surface area contributed by atoms with E-state index in [2.05, 4.69) is 10.6 Å². The zero-order valence-electron chi connectivity index (χ0n) is 17.9. The van der Waals surface area contributed by atoms with Gasteiger partial charge in [-0.05, 0) is 24.1 Å². The van der Waals surface area contributed by atoms with E-state index in [9.17, 15) is 29.1 Å². The molecule has 1 atom stereocenters. The summed E-state index contributed by atoms with van der Waals surface area (Å²) in [4.78, 5) is 57.9. The first-order valence-electron chi connectivity index (χ1n) is 10.2. The standard InChI is InChI=1S/C21H29N3O8/c1-2-3-4-9-23-20(29)15(24-18(26)7-8-19(27)28)11-13-5-6-16(32-12-17(22)25)14(10-13)21(30)31/h5-6,10,15H,2-4,7-9,11-12H2,1H3,(H2,22,25)(H,23,29)(H,24,26)(H,27,28)(H,30,31)/t15-/m0/s1. The first-order chi connectivity index (χ1) is 15.1. The summed E-state index contributed by atoms with van der Waals surface area (Å²) < 4.78 is 5.10. The molecule has 11 nitrogen and oxygen atoms in total. The predicted octanol–water partition coefficient (Wildman–Crippen LogP) is 0.447. The third-order valence-corrected chi connectivity index (χ3v) is 4.38.